The largest absolute Gasteiger partial charge is 0.468 e. The number of aryl methyl sites for hydroxylation is 2. The molecule has 0 bridgehead atoms. The molecule has 3 heterocycles. The molecule has 0 unspecified atom stereocenters. The second-order valence-corrected chi connectivity index (χ2v) is 8.27. The number of piperazine rings is 1. The molecule has 0 aliphatic carbocycles. The van der Waals surface area contributed by atoms with Gasteiger partial charge in [0.2, 0.25) is 11.8 Å². The fourth-order valence-electron chi connectivity index (χ4n) is 3.66. The van der Waals surface area contributed by atoms with Crippen LogP contribution in [0.3, 0.4) is 0 Å². The quantitative estimate of drug-likeness (QED) is 0.543. The van der Waals surface area contributed by atoms with Crippen molar-refractivity contribution in [1.82, 2.24) is 23.6 Å². The van der Waals surface area contributed by atoms with E-state index in [1.807, 2.05) is 17.0 Å². The molecule has 0 radical (unpaired) electrons. The average Bonchev–Trinajstić information content (AvgIpc) is 3.31. The summed E-state index contributed by atoms with van der Waals surface area (Å²) < 4.78 is 14.5. The molecule has 174 valence electrons. The maximum atomic E-state index is 12.8. The van der Waals surface area contributed by atoms with Gasteiger partial charge in [0.25, 0.3) is 5.88 Å². The van der Waals surface area contributed by atoms with Crippen molar-refractivity contribution < 1.29 is 9.53 Å². The number of nitrogens with zero attached hydrogens (tertiary/aromatic N) is 6. The van der Waals surface area contributed by atoms with Gasteiger partial charge in [-0.1, -0.05) is 19.9 Å². The van der Waals surface area contributed by atoms with Gasteiger partial charge in [-0.25, -0.2) is 14.8 Å². The minimum atomic E-state index is -0.0841. The number of nitrogens with two attached hydrogens (primary N) is 1. The first-order valence-corrected chi connectivity index (χ1v) is 11.7. The normalized spacial score (nSPS) is 13.8. The highest BCUT2D eigenvalue weighted by Crippen LogP contribution is 2.27. The highest BCUT2D eigenvalue weighted by atomic mass is 32.1. The highest BCUT2D eigenvalue weighted by molar-refractivity contribution is 6.99. The monoisotopic (exact) mass is 468 g/mol. The molecule has 4 rings (SSSR count). The molecule has 1 saturated heterocycles. The summed E-state index contributed by atoms with van der Waals surface area (Å²) in [6.45, 7) is 6.92. The lowest BCUT2D eigenvalue weighted by Crippen LogP contribution is -2.50. The lowest BCUT2D eigenvalue weighted by molar-refractivity contribution is 0.208. The van der Waals surface area contributed by atoms with Gasteiger partial charge in [0.1, 0.15) is 6.61 Å². The predicted octanol–water partition coefficient (Wildman–Crippen LogP) is 2.97. The highest BCUT2D eigenvalue weighted by Gasteiger charge is 2.25. The number of urea groups is 1. The standard InChI is InChI=1S/C22H28N8O2S/c1-3-15-11-16(4-2)13-18(12-15)26-22(31)30-9-7-29(8-10-30)19-20(28-33-27-19)32-14-17-5-6-24-21(23)25-17/h5-6,11-13H,3-4,7-10,14H2,1-2H3,(H,26,31)(H2,23,24,25). The van der Waals surface area contributed by atoms with Crippen molar-refractivity contribution in [1.29, 1.82) is 0 Å². The maximum Gasteiger partial charge on any atom is 0.321 e. The Balaban J connectivity index is 1.33. The predicted molar refractivity (Wildman–Crippen MR) is 129 cm³/mol. The number of benzene rings is 1. The molecule has 3 N–H and O–H groups in total. The van der Waals surface area contributed by atoms with E-state index in [1.54, 1.807) is 12.3 Å². The van der Waals surface area contributed by atoms with E-state index in [0.29, 0.717) is 43.6 Å². The van der Waals surface area contributed by atoms with Gasteiger partial charge in [-0.2, -0.15) is 4.37 Å². The third-order valence-electron chi connectivity index (χ3n) is 5.52. The first kappa shape index (κ1) is 22.7. The van der Waals surface area contributed by atoms with E-state index in [2.05, 4.69) is 48.8 Å². The minimum Gasteiger partial charge on any atom is -0.468 e. The van der Waals surface area contributed by atoms with Crippen LogP contribution in [0.25, 0.3) is 0 Å². The molecule has 1 aliphatic rings. The molecule has 3 aromatic rings. The molecule has 2 aromatic heterocycles. The summed E-state index contributed by atoms with van der Waals surface area (Å²) in [5, 5.41) is 3.06. The van der Waals surface area contributed by atoms with Gasteiger partial charge in [-0.15, -0.1) is 4.37 Å². The molecule has 0 spiro atoms. The summed E-state index contributed by atoms with van der Waals surface area (Å²) >= 11 is 1.10. The number of carbonyl (C=O) groups excluding carboxylic acids is 1. The number of hydrogen-bond acceptors (Lipinski definition) is 9. The Morgan fingerprint density at radius 1 is 1.12 bits per heavy atom. The van der Waals surface area contributed by atoms with Gasteiger partial charge < -0.3 is 25.6 Å². The number of nitrogen functional groups attached to an aromatic ring is 1. The molecule has 10 nitrogen and oxygen atoms in total. The lowest BCUT2D eigenvalue weighted by Gasteiger charge is -2.34. The maximum absolute atomic E-state index is 12.8. The molecule has 11 heteroatoms. The fraction of sp³-hybridized carbons (Fsp3) is 0.409. The first-order chi connectivity index (χ1) is 16.1. The Morgan fingerprint density at radius 3 is 2.52 bits per heavy atom. The zero-order chi connectivity index (χ0) is 23.2. The Bertz CT molecular complexity index is 1080. The van der Waals surface area contributed by atoms with Crippen molar-refractivity contribution in [3.63, 3.8) is 0 Å². The second kappa shape index (κ2) is 10.4. The molecule has 2 amide bonds. The second-order valence-electron chi connectivity index (χ2n) is 7.74. The summed E-state index contributed by atoms with van der Waals surface area (Å²) in [4.78, 5) is 24.8. The summed E-state index contributed by atoms with van der Waals surface area (Å²) in [5.41, 5.74) is 9.59. The van der Waals surface area contributed by atoms with Crippen molar-refractivity contribution in [2.24, 2.45) is 0 Å². The molecule has 33 heavy (non-hydrogen) atoms. The number of amides is 2. The number of carbonyl (C=O) groups is 1. The van der Waals surface area contributed by atoms with Crippen molar-refractivity contribution >= 4 is 35.2 Å². The van der Waals surface area contributed by atoms with Gasteiger partial charge in [-0.3, -0.25) is 0 Å². The molecule has 1 aromatic carbocycles. The Labute approximate surface area is 197 Å². The molecule has 1 fully saturated rings. The number of ether oxygens (including phenoxy) is 1. The number of nitrogens with one attached hydrogen (secondary N) is 1. The number of rotatable bonds is 7. The molecule has 0 atom stereocenters. The van der Waals surface area contributed by atoms with Gasteiger partial charge >= 0.3 is 6.03 Å². The van der Waals surface area contributed by atoms with E-state index in [0.717, 1.165) is 30.3 Å². The SMILES string of the molecule is CCc1cc(CC)cc(NC(=O)N2CCN(c3nsnc3OCc3ccnc(N)n3)CC2)c1. The van der Waals surface area contributed by atoms with Crippen LogP contribution >= 0.6 is 11.7 Å². The summed E-state index contributed by atoms with van der Waals surface area (Å²) in [7, 11) is 0. The van der Waals surface area contributed by atoms with Crippen LogP contribution in [0.15, 0.2) is 30.5 Å². The van der Waals surface area contributed by atoms with Crippen LogP contribution in [0.2, 0.25) is 0 Å². The lowest BCUT2D eigenvalue weighted by atomic mass is 10.1. The van der Waals surface area contributed by atoms with Crippen LogP contribution in [0.4, 0.5) is 22.2 Å². The van der Waals surface area contributed by atoms with Crippen LogP contribution in [0.1, 0.15) is 30.7 Å². The molecule has 0 saturated carbocycles. The van der Waals surface area contributed by atoms with Crippen molar-refractivity contribution in [2.75, 3.05) is 42.1 Å². The van der Waals surface area contributed by atoms with Gasteiger partial charge in [0.15, 0.2) is 0 Å². The summed E-state index contributed by atoms with van der Waals surface area (Å²) in [6, 6.07) is 7.94. The van der Waals surface area contributed by atoms with Crippen molar-refractivity contribution in [3.05, 3.63) is 47.3 Å². The fourth-order valence-corrected chi connectivity index (χ4v) is 4.18. The number of anilines is 3. The molecular weight excluding hydrogens is 440 g/mol. The summed E-state index contributed by atoms with van der Waals surface area (Å²) in [5.74, 6) is 1.35. The topological polar surface area (TPSA) is 122 Å². The van der Waals surface area contributed by atoms with E-state index < -0.39 is 0 Å². The van der Waals surface area contributed by atoms with Crippen LogP contribution in [-0.4, -0.2) is 55.8 Å². The third-order valence-corrected chi connectivity index (χ3v) is 6.02. The van der Waals surface area contributed by atoms with Crippen molar-refractivity contribution in [3.8, 4) is 5.88 Å². The van der Waals surface area contributed by atoms with E-state index in [4.69, 9.17) is 10.5 Å². The van der Waals surface area contributed by atoms with Crippen molar-refractivity contribution in [2.45, 2.75) is 33.3 Å². The van der Waals surface area contributed by atoms with Crippen LogP contribution in [0, 0.1) is 0 Å². The first-order valence-electron chi connectivity index (χ1n) is 11.0. The van der Waals surface area contributed by atoms with E-state index in [1.165, 1.54) is 11.1 Å². The van der Waals surface area contributed by atoms with Crippen LogP contribution in [-0.2, 0) is 19.4 Å². The van der Waals surface area contributed by atoms with Gasteiger partial charge in [-0.05, 0) is 42.2 Å². The number of hydrogen-bond donors (Lipinski definition) is 2. The molecule has 1 aliphatic heterocycles. The Morgan fingerprint density at radius 2 is 1.85 bits per heavy atom. The Hall–Kier alpha value is -3.47. The van der Waals surface area contributed by atoms with E-state index in [9.17, 15) is 4.79 Å². The summed E-state index contributed by atoms with van der Waals surface area (Å²) in [6.07, 6.45) is 3.46. The third kappa shape index (κ3) is 5.67. The van der Waals surface area contributed by atoms with Gasteiger partial charge in [0.05, 0.1) is 17.4 Å². The van der Waals surface area contributed by atoms with E-state index in [-0.39, 0.29) is 18.6 Å². The number of aromatic nitrogens is 4. The van der Waals surface area contributed by atoms with Gasteiger partial charge in [0, 0.05) is 38.1 Å². The Kier molecular flexibility index (Phi) is 7.18. The van der Waals surface area contributed by atoms with E-state index >= 15 is 0 Å². The van der Waals surface area contributed by atoms with Crippen LogP contribution < -0.4 is 20.7 Å². The minimum absolute atomic E-state index is 0.0841. The zero-order valence-electron chi connectivity index (χ0n) is 18.8. The smallest absolute Gasteiger partial charge is 0.321 e. The molecular formula is C22H28N8O2S. The van der Waals surface area contributed by atoms with Crippen LogP contribution in [0.5, 0.6) is 5.88 Å². The zero-order valence-corrected chi connectivity index (χ0v) is 19.6. The average molecular weight is 469 g/mol.